The standard InChI is InChI=1S/C23H23F3N4O3/c1-33-22(32)15-7-5-14(6-8-15)21(31)28-17-11-9-16(10-12-17)27-19-3-2-4-20-29-18(13-30(19)20)23(24,25)26/h2-8,13,16-17,27H,9-12H2,1H3,(H,28,31)/t16-,17+. The zero-order valence-electron chi connectivity index (χ0n) is 17.9. The molecule has 33 heavy (non-hydrogen) atoms. The number of hydrogen-bond acceptors (Lipinski definition) is 5. The number of benzene rings is 1. The summed E-state index contributed by atoms with van der Waals surface area (Å²) in [5.74, 6) is -0.131. The molecule has 0 radical (unpaired) electrons. The van der Waals surface area contributed by atoms with Crippen molar-refractivity contribution in [3.8, 4) is 0 Å². The summed E-state index contributed by atoms with van der Waals surface area (Å²) in [5.41, 5.74) is 0.125. The van der Waals surface area contributed by atoms with Gasteiger partial charge in [-0.15, -0.1) is 0 Å². The molecular weight excluding hydrogens is 437 g/mol. The van der Waals surface area contributed by atoms with E-state index in [0.717, 1.165) is 31.9 Å². The van der Waals surface area contributed by atoms with Crippen LogP contribution in [0.5, 0.6) is 0 Å². The molecule has 1 aliphatic carbocycles. The van der Waals surface area contributed by atoms with Gasteiger partial charge in [0.1, 0.15) is 11.5 Å². The number of pyridine rings is 1. The lowest BCUT2D eigenvalue weighted by molar-refractivity contribution is -0.140. The van der Waals surface area contributed by atoms with Crippen molar-refractivity contribution in [2.75, 3.05) is 12.4 Å². The van der Waals surface area contributed by atoms with Gasteiger partial charge in [0, 0.05) is 23.8 Å². The van der Waals surface area contributed by atoms with Crippen molar-refractivity contribution in [2.24, 2.45) is 0 Å². The van der Waals surface area contributed by atoms with E-state index in [4.69, 9.17) is 0 Å². The fraction of sp³-hybridized carbons (Fsp3) is 0.348. The number of nitrogens with zero attached hydrogens (tertiary/aromatic N) is 2. The molecule has 4 rings (SSSR count). The van der Waals surface area contributed by atoms with E-state index >= 15 is 0 Å². The normalized spacial score (nSPS) is 18.7. The third-order valence-electron chi connectivity index (χ3n) is 5.77. The molecule has 1 fully saturated rings. The van der Waals surface area contributed by atoms with Crippen molar-refractivity contribution < 1.29 is 27.5 Å². The van der Waals surface area contributed by atoms with Crippen molar-refractivity contribution in [3.63, 3.8) is 0 Å². The number of anilines is 1. The Labute approximate surface area is 188 Å². The van der Waals surface area contributed by atoms with Crippen LogP contribution in [-0.4, -0.2) is 40.5 Å². The number of rotatable bonds is 5. The first kappa shape index (κ1) is 22.6. The van der Waals surface area contributed by atoms with Gasteiger partial charge < -0.3 is 15.4 Å². The largest absolute Gasteiger partial charge is 0.465 e. The van der Waals surface area contributed by atoms with E-state index in [0.29, 0.717) is 16.9 Å². The molecule has 174 valence electrons. The van der Waals surface area contributed by atoms with Gasteiger partial charge in [0.2, 0.25) is 0 Å². The van der Waals surface area contributed by atoms with Gasteiger partial charge in [-0.1, -0.05) is 6.07 Å². The molecule has 1 saturated carbocycles. The molecule has 10 heteroatoms. The number of ether oxygens (including phenoxy) is 1. The van der Waals surface area contributed by atoms with Gasteiger partial charge in [0.15, 0.2) is 5.69 Å². The van der Waals surface area contributed by atoms with Crippen molar-refractivity contribution in [1.82, 2.24) is 14.7 Å². The molecule has 1 aliphatic rings. The second kappa shape index (κ2) is 9.13. The smallest absolute Gasteiger partial charge is 0.434 e. The minimum atomic E-state index is -4.50. The second-order valence-corrected chi connectivity index (χ2v) is 8.00. The summed E-state index contributed by atoms with van der Waals surface area (Å²) in [4.78, 5) is 27.7. The third kappa shape index (κ3) is 5.10. The first-order valence-electron chi connectivity index (χ1n) is 10.6. The number of hydrogen-bond donors (Lipinski definition) is 2. The second-order valence-electron chi connectivity index (χ2n) is 8.00. The van der Waals surface area contributed by atoms with E-state index in [1.807, 2.05) is 0 Å². The molecule has 2 aromatic heterocycles. The summed E-state index contributed by atoms with van der Waals surface area (Å²) in [7, 11) is 1.30. The maximum absolute atomic E-state index is 13.0. The predicted molar refractivity (Wildman–Crippen MR) is 115 cm³/mol. The zero-order valence-corrected chi connectivity index (χ0v) is 17.9. The van der Waals surface area contributed by atoms with Crippen LogP contribution in [0.1, 0.15) is 52.1 Å². The third-order valence-corrected chi connectivity index (χ3v) is 5.77. The maximum Gasteiger partial charge on any atom is 0.434 e. The number of aromatic nitrogens is 2. The van der Waals surface area contributed by atoms with Crippen LogP contribution in [0.4, 0.5) is 19.0 Å². The molecule has 0 bridgehead atoms. The highest BCUT2D eigenvalue weighted by Gasteiger charge is 2.34. The van der Waals surface area contributed by atoms with Crippen LogP contribution in [0, 0.1) is 0 Å². The summed E-state index contributed by atoms with van der Waals surface area (Å²) in [6, 6.07) is 11.2. The Balaban J connectivity index is 1.33. The number of esters is 1. The van der Waals surface area contributed by atoms with E-state index in [2.05, 4.69) is 20.4 Å². The molecule has 0 spiro atoms. The quantitative estimate of drug-likeness (QED) is 0.555. The summed E-state index contributed by atoms with van der Waals surface area (Å²) < 4.78 is 45.1. The molecule has 1 aromatic carbocycles. The Hall–Kier alpha value is -3.56. The number of imidazole rings is 1. The van der Waals surface area contributed by atoms with Gasteiger partial charge in [-0.2, -0.15) is 13.2 Å². The minimum absolute atomic E-state index is 0.00305. The van der Waals surface area contributed by atoms with E-state index in [-0.39, 0.29) is 23.6 Å². The number of nitrogens with one attached hydrogen (secondary N) is 2. The monoisotopic (exact) mass is 460 g/mol. The number of methoxy groups -OCH3 is 1. The van der Waals surface area contributed by atoms with Gasteiger partial charge in [-0.05, 0) is 62.1 Å². The highest BCUT2D eigenvalue weighted by Crippen LogP contribution is 2.30. The summed E-state index contributed by atoms with van der Waals surface area (Å²) >= 11 is 0. The van der Waals surface area contributed by atoms with Crippen molar-refractivity contribution in [3.05, 3.63) is 65.5 Å². The van der Waals surface area contributed by atoms with E-state index in [1.165, 1.54) is 17.6 Å². The van der Waals surface area contributed by atoms with Crippen molar-refractivity contribution in [2.45, 2.75) is 43.9 Å². The molecule has 0 atom stereocenters. The van der Waals surface area contributed by atoms with Gasteiger partial charge in [-0.3, -0.25) is 9.20 Å². The molecule has 0 aliphatic heterocycles. The lowest BCUT2D eigenvalue weighted by Gasteiger charge is -2.30. The Morgan fingerprint density at radius 3 is 2.27 bits per heavy atom. The van der Waals surface area contributed by atoms with Gasteiger partial charge >= 0.3 is 12.1 Å². The predicted octanol–water partition coefficient (Wildman–Crippen LogP) is 4.29. The van der Waals surface area contributed by atoms with Crippen LogP contribution in [0.15, 0.2) is 48.7 Å². The zero-order chi connectivity index (χ0) is 23.6. The molecule has 3 aromatic rings. The van der Waals surface area contributed by atoms with Gasteiger partial charge in [0.25, 0.3) is 5.91 Å². The topological polar surface area (TPSA) is 84.7 Å². The summed E-state index contributed by atoms with van der Waals surface area (Å²) in [5, 5.41) is 6.32. The van der Waals surface area contributed by atoms with Crippen LogP contribution in [0.3, 0.4) is 0 Å². The van der Waals surface area contributed by atoms with Crippen molar-refractivity contribution >= 4 is 23.3 Å². The number of carbonyl (C=O) groups is 2. The van der Waals surface area contributed by atoms with Crippen LogP contribution >= 0.6 is 0 Å². The average Bonchev–Trinajstić information content (AvgIpc) is 3.26. The molecular formula is C23H23F3N4O3. The van der Waals surface area contributed by atoms with Crippen LogP contribution < -0.4 is 10.6 Å². The van der Waals surface area contributed by atoms with E-state index < -0.39 is 17.8 Å². The Bertz CT molecular complexity index is 1150. The number of fused-ring (bicyclic) bond motifs is 1. The Morgan fingerprint density at radius 1 is 1.00 bits per heavy atom. The van der Waals surface area contributed by atoms with Crippen molar-refractivity contribution in [1.29, 1.82) is 0 Å². The van der Waals surface area contributed by atoms with E-state index in [9.17, 15) is 22.8 Å². The Morgan fingerprint density at radius 2 is 1.64 bits per heavy atom. The highest BCUT2D eigenvalue weighted by atomic mass is 19.4. The number of amides is 1. The first-order valence-corrected chi connectivity index (χ1v) is 10.6. The first-order chi connectivity index (χ1) is 15.7. The SMILES string of the molecule is COC(=O)c1ccc(C(=O)N[C@H]2CC[C@@H](Nc3cccc4nc(C(F)(F)F)cn34)CC2)cc1. The molecule has 2 heterocycles. The molecule has 7 nitrogen and oxygen atoms in total. The minimum Gasteiger partial charge on any atom is -0.465 e. The van der Waals surface area contributed by atoms with Crippen LogP contribution in [-0.2, 0) is 10.9 Å². The average molecular weight is 460 g/mol. The van der Waals surface area contributed by atoms with Gasteiger partial charge in [0.05, 0.1) is 12.7 Å². The van der Waals surface area contributed by atoms with Crippen LogP contribution in [0.2, 0.25) is 0 Å². The maximum atomic E-state index is 13.0. The fourth-order valence-corrected chi connectivity index (χ4v) is 4.00. The molecule has 0 unspecified atom stereocenters. The Kier molecular flexibility index (Phi) is 6.26. The summed E-state index contributed by atoms with van der Waals surface area (Å²) in [6.07, 6.45) is -0.532. The van der Waals surface area contributed by atoms with E-state index in [1.54, 1.807) is 36.4 Å². The lowest BCUT2D eigenvalue weighted by Crippen LogP contribution is -2.40. The van der Waals surface area contributed by atoms with Crippen LogP contribution in [0.25, 0.3) is 5.65 Å². The molecule has 1 amide bonds. The highest BCUT2D eigenvalue weighted by molar-refractivity contribution is 5.96. The number of alkyl halides is 3. The molecule has 0 saturated heterocycles. The number of halogens is 3. The lowest BCUT2D eigenvalue weighted by atomic mass is 9.91. The fourth-order valence-electron chi connectivity index (χ4n) is 4.00. The molecule has 2 N–H and O–H groups in total. The number of carbonyl (C=O) groups excluding carboxylic acids is 2. The summed E-state index contributed by atoms with van der Waals surface area (Å²) in [6.45, 7) is 0. The van der Waals surface area contributed by atoms with Gasteiger partial charge in [-0.25, -0.2) is 9.78 Å².